The first-order valence-corrected chi connectivity index (χ1v) is 14.1. The normalized spacial score (nSPS) is 17.7. The first kappa shape index (κ1) is 26.2. The van der Waals surface area contributed by atoms with Crippen molar-refractivity contribution < 1.29 is 14.4 Å². The zero-order valence-electron chi connectivity index (χ0n) is 22.4. The fourth-order valence-corrected chi connectivity index (χ4v) is 6.63. The van der Waals surface area contributed by atoms with E-state index in [9.17, 15) is 9.90 Å². The predicted molar refractivity (Wildman–Crippen MR) is 155 cm³/mol. The van der Waals surface area contributed by atoms with Crippen LogP contribution in [0.2, 0.25) is 10.0 Å². The highest BCUT2D eigenvalue weighted by Gasteiger charge is 2.36. The molecule has 2 aromatic carbocycles. The second-order valence-corrected chi connectivity index (χ2v) is 12.2. The van der Waals surface area contributed by atoms with Crippen molar-refractivity contribution in [1.29, 1.82) is 0 Å². The first-order valence-electron chi connectivity index (χ1n) is 13.4. The average molecular weight is 568 g/mol. The number of halogens is 2. The number of anilines is 1. The third-order valence-corrected chi connectivity index (χ3v) is 8.77. The van der Waals surface area contributed by atoms with E-state index in [-0.39, 0.29) is 5.54 Å². The maximum atomic E-state index is 11.6. The van der Waals surface area contributed by atoms with E-state index in [0.717, 1.165) is 84.6 Å². The van der Waals surface area contributed by atoms with Crippen molar-refractivity contribution in [3.8, 4) is 11.3 Å². The molecule has 0 spiro atoms. The van der Waals surface area contributed by atoms with E-state index in [4.69, 9.17) is 27.7 Å². The van der Waals surface area contributed by atoms with E-state index in [2.05, 4.69) is 34.9 Å². The zero-order chi connectivity index (χ0) is 27.5. The largest absolute Gasteiger partial charge is 0.478 e. The molecule has 0 radical (unpaired) electrons. The summed E-state index contributed by atoms with van der Waals surface area (Å²) in [5, 5.41) is 15.9. The molecule has 39 heavy (non-hydrogen) atoms. The fourth-order valence-electron chi connectivity index (χ4n) is 6.06. The van der Waals surface area contributed by atoms with Crippen molar-refractivity contribution in [1.82, 2.24) is 14.6 Å². The summed E-state index contributed by atoms with van der Waals surface area (Å²) in [7, 11) is 1.90. The summed E-state index contributed by atoms with van der Waals surface area (Å²) in [4.78, 5) is 16.6. The molecule has 0 atom stereocenters. The number of fused-ring (bicyclic) bond motifs is 1. The van der Waals surface area contributed by atoms with Crippen LogP contribution in [0.1, 0.15) is 54.3 Å². The Morgan fingerprint density at radius 2 is 1.90 bits per heavy atom. The van der Waals surface area contributed by atoms with E-state index >= 15 is 0 Å². The van der Waals surface area contributed by atoms with Crippen LogP contribution in [0.4, 0.5) is 5.69 Å². The molecule has 2 aliphatic rings. The molecule has 1 saturated heterocycles. The number of hydrogen-bond acceptors (Lipinski definition) is 5. The van der Waals surface area contributed by atoms with Crippen molar-refractivity contribution >= 4 is 45.8 Å². The van der Waals surface area contributed by atoms with Gasteiger partial charge in [-0.25, -0.2) is 4.79 Å². The number of aryl methyl sites for hydroxylation is 1. The van der Waals surface area contributed by atoms with Crippen LogP contribution in [-0.4, -0.2) is 57.4 Å². The summed E-state index contributed by atoms with van der Waals surface area (Å²) in [6.45, 7) is 8.09. The SMILES string of the molecule is Cn1cc(C(=O)O)c2ccc(N3CCN(CCc4c(-c5c(Cl)cccc5Cl)noc4C4CC4)CC3(C)C)cc21. The first-order chi connectivity index (χ1) is 18.6. The van der Waals surface area contributed by atoms with Gasteiger partial charge >= 0.3 is 5.97 Å². The van der Waals surface area contributed by atoms with Crippen LogP contribution in [0.15, 0.2) is 47.1 Å². The minimum Gasteiger partial charge on any atom is -0.478 e. The van der Waals surface area contributed by atoms with E-state index in [1.54, 1.807) is 6.20 Å². The van der Waals surface area contributed by atoms with Crippen molar-refractivity contribution in [2.24, 2.45) is 7.05 Å². The summed E-state index contributed by atoms with van der Waals surface area (Å²) >= 11 is 13.1. The molecule has 1 aliphatic carbocycles. The Kier molecular flexibility index (Phi) is 6.64. The molecule has 0 amide bonds. The van der Waals surface area contributed by atoms with Gasteiger partial charge in [0.15, 0.2) is 0 Å². The van der Waals surface area contributed by atoms with Crippen molar-refractivity contribution in [2.75, 3.05) is 31.1 Å². The van der Waals surface area contributed by atoms with Crippen LogP contribution >= 0.6 is 23.2 Å². The Hall–Kier alpha value is -3.00. The molecule has 1 saturated carbocycles. The number of aromatic carboxylic acids is 1. The number of carboxylic acid groups (broad SMARTS) is 1. The Morgan fingerprint density at radius 3 is 2.56 bits per heavy atom. The highest BCUT2D eigenvalue weighted by Crippen LogP contribution is 2.46. The van der Waals surface area contributed by atoms with Gasteiger partial charge in [0.1, 0.15) is 11.5 Å². The molecule has 2 aromatic heterocycles. The smallest absolute Gasteiger partial charge is 0.337 e. The maximum absolute atomic E-state index is 11.6. The molecule has 1 N–H and O–H groups in total. The van der Waals surface area contributed by atoms with Gasteiger partial charge in [-0.05, 0) is 63.4 Å². The highest BCUT2D eigenvalue weighted by atomic mass is 35.5. The van der Waals surface area contributed by atoms with Crippen molar-refractivity contribution in [3.05, 3.63) is 69.5 Å². The lowest BCUT2D eigenvalue weighted by atomic mass is 9.96. The number of carbonyl (C=O) groups is 1. The molecule has 6 rings (SSSR count). The van der Waals surface area contributed by atoms with Gasteiger partial charge in [0.2, 0.25) is 0 Å². The number of carboxylic acids is 1. The van der Waals surface area contributed by atoms with Crippen LogP contribution in [0, 0.1) is 0 Å². The van der Waals surface area contributed by atoms with Gasteiger partial charge in [0, 0.05) is 73.1 Å². The number of piperazine rings is 1. The van der Waals surface area contributed by atoms with Gasteiger partial charge in [-0.3, -0.25) is 4.90 Å². The number of aromatic nitrogens is 2. The van der Waals surface area contributed by atoms with Crippen molar-refractivity contribution in [2.45, 2.75) is 44.6 Å². The topological polar surface area (TPSA) is 74.7 Å². The molecule has 9 heteroatoms. The van der Waals surface area contributed by atoms with Crippen LogP contribution < -0.4 is 4.90 Å². The number of benzene rings is 2. The van der Waals surface area contributed by atoms with Gasteiger partial charge in [-0.2, -0.15) is 0 Å². The minimum atomic E-state index is -0.903. The fraction of sp³-hybridized carbons (Fsp3) is 0.400. The second kappa shape index (κ2) is 9.88. The van der Waals surface area contributed by atoms with E-state index in [0.29, 0.717) is 21.5 Å². The molecule has 3 heterocycles. The van der Waals surface area contributed by atoms with Crippen molar-refractivity contribution in [3.63, 3.8) is 0 Å². The third kappa shape index (κ3) is 4.81. The zero-order valence-corrected chi connectivity index (χ0v) is 23.9. The summed E-state index contributed by atoms with van der Waals surface area (Å²) < 4.78 is 7.76. The lowest BCUT2D eigenvalue weighted by Crippen LogP contribution is -2.59. The molecule has 0 unspecified atom stereocenters. The standard InChI is InChI=1S/C30H32Cl2N4O3/c1-30(2)17-35(13-14-36(30)19-9-10-20-22(29(37)38)16-34(3)25(20)15-19)12-11-21-27(33-39-28(21)18-7-8-18)26-23(31)5-4-6-24(26)32/h4-6,9-10,15-16,18H,7-8,11-14,17H2,1-3H3,(H,37,38). The van der Waals surface area contributed by atoms with Gasteiger partial charge in [-0.15, -0.1) is 0 Å². The van der Waals surface area contributed by atoms with Gasteiger partial charge < -0.3 is 19.1 Å². The number of rotatable bonds is 7. The molecule has 2 fully saturated rings. The molecule has 1 aliphatic heterocycles. The minimum absolute atomic E-state index is 0.116. The molecule has 4 aromatic rings. The molecular formula is C30H32Cl2N4O3. The third-order valence-electron chi connectivity index (χ3n) is 8.14. The van der Waals surface area contributed by atoms with E-state index in [1.165, 1.54) is 0 Å². The predicted octanol–water partition coefficient (Wildman–Crippen LogP) is 6.86. The summed E-state index contributed by atoms with van der Waals surface area (Å²) in [6, 6.07) is 11.6. The molecular weight excluding hydrogens is 535 g/mol. The van der Waals surface area contributed by atoms with Crippen LogP contribution in [0.25, 0.3) is 22.2 Å². The Morgan fingerprint density at radius 1 is 1.15 bits per heavy atom. The second-order valence-electron chi connectivity index (χ2n) is 11.4. The highest BCUT2D eigenvalue weighted by molar-refractivity contribution is 6.39. The average Bonchev–Trinajstić information content (AvgIpc) is 3.56. The van der Waals surface area contributed by atoms with Crippen LogP contribution in [0.5, 0.6) is 0 Å². The van der Waals surface area contributed by atoms with E-state index in [1.807, 2.05) is 41.9 Å². The van der Waals surface area contributed by atoms with Gasteiger partial charge in [0.25, 0.3) is 0 Å². The summed E-state index contributed by atoms with van der Waals surface area (Å²) in [5.41, 5.74) is 4.89. The number of nitrogens with zero attached hydrogens (tertiary/aromatic N) is 4. The summed E-state index contributed by atoms with van der Waals surface area (Å²) in [6.07, 6.45) is 4.76. The quantitative estimate of drug-likeness (QED) is 0.263. The number of hydrogen-bond donors (Lipinski definition) is 1. The lowest BCUT2D eigenvalue weighted by molar-refractivity contribution is 0.0699. The Bertz CT molecular complexity index is 1550. The Balaban J connectivity index is 1.21. The monoisotopic (exact) mass is 566 g/mol. The maximum Gasteiger partial charge on any atom is 0.337 e. The molecule has 0 bridgehead atoms. The lowest BCUT2D eigenvalue weighted by Gasteiger charge is -2.48. The molecule has 204 valence electrons. The molecule has 7 nitrogen and oxygen atoms in total. The van der Waals surface area contributed by atoms with Gasteiger partial charge in [-0.1, -0.05) is 34.4 Å². The van der Waals surface area contributed by atoms with Crippen LogP contribution in [0.3, 0.4) is 0 Å². The van der Waals surface area contributed by atoms with Gasteiger partial charge in [0.05, 0.1) is 21.1 Å². The Labute approximate surface area is 237 Å². The van der Waals surface area contributed by atoms with Crippen LogP contribution in [-0.2, 0) is 13.5 Å². The van der Waals surface area contributed by atoms with E-state index < -0.39 is 5.97 Å². The summed E-state index contributed by atoms with van der Waals surface area (Å²) in [5.74, 6) is 0.514.